The monoisotopic (exact) mass is 490 g/mol. The fourth-order valence-corrected chi connectivity index (χ4v) is 4.71. The van der Waals surface area contributed by atoms with Gasteiger partial charge < -0.3 is 19.9 Å². The van der Waals surface area contributed by atoms with Crippen molar-refractivity contribution in [2.24, 2.45) is 0 Å². The van der Waals surface area contributed by atoms with E-state index in [1.807, 2.05) is 0 Å². The number of ether oxygens (including phenoxy) is 2. The highest BCUT2D eigenvalue weighted by molar-refractivity contribution is 5.80. The molecule has 0 spiro atoms. The van der Waals surface area contributed by atoms with Crippen molar-refractivity contribution >= 4 is 12.1 Å². The van der Waals surface area contributed by atoms with Crippen LogP contribution in [0.3, 0.4) is 0 Å². The molecule has 198 valence electrons. The molecule has 2 saturated carbocycles. The third-order valence-corrected chi connectivity index (χ3v) is 6.70. The lowest BCUT2D eigenvalue weighted by atomic mass is 9.91. The molecule has 1 atom stereocenters. The smallest absolute Gasteiger partial charge is 0.410 e. The summed E-state index contributed by atoms with van der Waals surface area (Å²) in [5, 5.41) is 13.2. The highest BCUT2D eigenvalue weighted by Gasteiger charge is 2.30. The summed E-state index contributed by atoms with van der Waals surface area (Å²) >= 11 is 0. The molecule has 0 radical (unpaired) electrons. The van der Waals surface area contributed by atoms with Crippen LogP contribution in [0, 0.1) is 0 Å². The van der Waals surface area contributed by atoms with Crippen LogP contribution in [-0.4, -0.2) is 60.0 Å². The van der Waals surface area contributed by atoms with Crippen LogP contribution in [0.5, 0.6) is 5.75 Å². The van der Waals surface area contributed by atoms with Gasteiger partial charge in [-0.25, -0.2) is 9.59 Å². The van der Waals surface area contributed by atoms with Crippen LogP contribution in [0.1, 0.15) is 90.5 Å². The fourth-order valence-electron chi connectivity index (χ4n) is 4.71. The van der Waals surface area contributed by atoms with Gasteiger partial charge in [0, 0.05) is 25.6 Å². The van der Waals surface area contributed by atoms with E-state index < -0.39 is 23.7 Å². The summed E-state index contributed by atoms with van der Waals surface area (Å²) in [5.74, 6) is -0.389. The zero-order chi connectivity index (χ0) is 25.8. The molecule has 2 aliphatic rings. The Bertz CT molecular complexity index is 747. The van der Waals surface area contributed by atoms with Gasteiger partial charge in [-0.1, -0.05) is 50.7 Å². The van der Waals surface area contributed by atoms with Gasteiger partial charge in [0.05, 0.1) is 7.11 Å². The van der Waals surface area contributed by atoms with Crippen molar-refractivity contribution in [3.05, 3.63) is 29.8 Å². The molecule has 2 fully saturated rings. The quantitative estimate of drug-likeness (QED) is 0.502. The molecule has 7 heteroatoms. The van der Waals surface area contributed by atoms with E-state index in [1.54, 1.807) is 52.1 Å². The number of benzene rings is 1. The Labute approximate surface area is 211 Å². The first-order chi connectivity index (χ1) is 16.6. The second-order valence-corrected chi connectivity index (χ2v) is 10.8. The van der Waals surface area contributed by atoms with Crippen LogP contribution < -0.4 is 10.1 Å². The van der Waals surface area contributed by atoms with Crippen LogP contribution in [0.4, 0.5) is 4.79 Å². The zero-order valence-corrected chi connectivity index (χ0v) is 22.3. The average molecular weight is 491 g/mol. The topological polar surface area (TPSA) is 88.1 Å². The summed E-state index contributed by atoms with van der Waals surface area (Å²) in [6.07, 6.45) is 14.1. The molecule has 0 bridgehead atoms. The van der Waals surface area contributed by atoms with E-state index in [2.05, 4.69) is 5.32 Å². The summed E-state index contributed by atoms with van der Waals surface area (Å²) in [6.45, 7) is 5.20. The van der Waals surface area contributed by atoms with Gasteiger partial charge in [0.25, 0.3) is 0 Å². The Hall–Kier alpha value is -2.28. The van der Waals surface area contributed by atoms with Crippen LogP contribution in [-0.2, 0) is 16.0 Å². The summed E-state index contributed by atoms with van der Waals surface area (Å²) < 4.78 is 10.3. The second kappa shape index (κ2) is 14.3. The predicted molar refractivity (Wildman–Crippen MR) is 139 cm³/mol. The summed E-state index contributed by atoms with van der Waals surface area (Å²) in [4.78, 5) is 24.6. The number of likely N-dealkylation sites (N-methyl/N-ethyl adjacent to an activating group) is 1. The van der Waals surface area contributed by atoms with Gasteiger partial charge in [0.1, 0.15) is 17.4 Å². The highest BCUT2D eigenvalue weighted by Crippen LogP contribution is 2.22. The van der Waals surface area contributed by atoms with E-state index in [4.69, 9.17) is 9.47 Å². The highest BCUT2D eigenvalue weighted by atomic mass is 16.6. The van der Waals surface area contributed by atoms with Gasteiger partial charge in [-0.15, -0.1) is 0 Å². The summed E-state index contributed by atoms with van der Waals surface area (Å²) in [7, 11) is 2.99. The van der Waals surface area contributed by atoms with E-state index in [0.29, 0.717) is 5.75 Å². The number of aliphatic carboxylic acids is 1. The lowest BCUT2D eigenvalue weighted by molar-refractivity contribution is -0.142. The van der Waals surface area contributed by atoms with Crippen molar-refractivity contribution in [3.63, 3.8) is 0 Å². The Kier molecular flexibility index (Phi) is 11.8. The first kappa shape index (κ1) is 29.0. The van der Waals surface area contributed by atoms with Gasteiger partial charge in [-0.05, 0) is 64.2 Å². The maximum absolute atomic E-state index is 12.0. The molecule has 35 heavy (non-hydrogen) atoms. The number of hydrogen-bond acceptors (Lipinski definition) is 5. The van der Waals surface area contributed by atoms with Crippen molar-refractivity contribution in [1.82, 2.24) is 10.2 Å². The largest absolute Gasteiger partial charge is 0.497 e. The lowest BCUT2D eigenvalue weighted by Crippen LogP contribution is -2.46. The Morgan fingerprint density at radius 1 is 0.971 bits per heavy atom. The first-order valence-electron chi connectivity index (χ1n) is 13.2. The number of amides is 1. The number of nitrogens with zero attached hydrogens (tertiary/aromatic N) is 1. The van der Waals surface area contributed by atoms with Gasteiger partial charge in [0.15, 0.2) is 0 Å². The third-order valence-electron chi connectivity index (χ3n) is 6.70. The van der Waals surface area contributed by atoms with Crippen molar-refractivity contribution in [3.8, 4) is 5.75 Å². The van der Waals surface area contributed by atoms with Gasteiger partial charge in [-0.2, -0.15) is 0 Å². The summed E-state index contributed by atoms with van der Waals surface area (Å²) in [5.41, 5.74) is 0.123. The van der Waals surface area contributed by atoms with Crippen molar-refractivity contribution < 1.29 is 24.2 Å². The second-order valence-electron chi connectivity index (χ2n) is 10.8. The molecule has 1 aromatic carbocycles. The number of methoxy groups -OCH3 is 1. The SMILES string of the molecule is C1CCC(NC2CCCCC2)CC1.COc1ccc(C[C@H](C(=O)O)N(C)C(=O)OC(C)(C)C)cc1. The maximum atomic E-state index is 12.0. The van der Waals surface area contributed by atoms with Gasteiger partial charge in [-0.3, -0.25) is 4.90 Å². The minimum Gasteiger partial charge on any atom is -0.497 e. The molecule has 3 rings (SSSR count). The van der Waals surface area contributed by atoms with E-state index in [0.717, 1.165) is 22.5 Å². The third kappa shape index (κ3) is 10.9. The molecule has 7 nitrogen and oxygen atoms in total. The molecule has 0 heterocycles. The number of hydrogen-bond donors (Lipinski definition) is 2. The van der Waals surface area contributed by atoms with Crippen molar-refractivity contribution in [2.45, 2.75) is 115 Å². The Morgan fingerprint density at radius 3 is 1.86 bits per heavy atom. The molecular formula is C28H46N2O5. The Morgan fingerprint density at radius 2 is 1.46 bits per heavy atom. The van der Waals surface area contributed by atoms with Crippen LogP contribution in [0.15, 0.2) is 24.3 Å². The predicted octanol–water partition coefficient (Wildman–Crippen LogP) is 5.80. The number of rotatable bonds is 7. The maximum Gasteiger partial charge on any atom is 0.410 e. The molecule has 0 aromatic heterocycles. The minimum atomic E-state index is -1.08. The average Bonchev–Trinajstić information content (AvgIpc) is 2.83. The summed E-state index contributed by atoms with van der Waals surface area (Å²) in [6, 6.07) is 7.80. The molecule has 1 aromatic rings. The van der Waals surface area contributed by atoms with Crippen LogP contribution >= 0.6 is 0 Å². The number of carbonyl (C=O) groups is 2. The van der Waals surface area contributed by atoms with Crippen molar-refractivity contribution in [1.29, 1.82) is 0 Å². The molecule has 2 aliphatic carbocycles. The lowest BCUT2D eigenvalue weighted by Gasteiger charge is -2.30. The first-order valence-corrected chi connectivity index (χ1v) is 13.2. The van der Waals surface area contributed by atoms with E-state index in [1.165, 1.54) is 71.3 Å². The number of carboxylic acids is 1. The normalized spacial score (nSPS) is 18.1. The Balaban J connectivity index is 0.000000279. The van der Waals surface area contributed by atoms with E-state index in [-0.39, 0.29) is 6.42 Å². The molecule has 2 N–H and O–H groups in total. The van der Waals surface area contributed by atoms with Gasteiger partial charge in [0.2, 0.25) is 0 Å². The minimum absolute atomic E-state index is 0.190. The standard InChI is InChI=1S/C16H23NO5.C12H23N/c1-16(2,3)22-15(20)17(4)13(14(18)19)10-11-6-8-12(21-5)9-7-11;1-3-7-11(8-4-1)13-12-9-5-2-6-10-12/h6-9,13H,10H2,1-5H3,(H,18,19);11-13H,1-10H2/t13-;/m1./s1. The molecule has 0 unspecified atom stereocenters. The number of nitrogens with one attached hydrogen (secondary N) is 1. The van der Waals surface area contributed by atoms with Crippen molar-refractivity contribution in [2.75, 3.05) is 14.2 Å². The van der Waals surface area contributed by atoms with Crippen LogP contribution in [0.25, 0.3) is 0 Å². The zero-order valence-electron chi connectivity index (χ0n) is 22.3. The van der Waals surface area contributed by atoms with Crippen LogP contribution in [0.2, 0.25) is 0 Å². The molecule has 0 saturated heterocycles. The van der Waals surface area contributed by atoms with Gasteiger partial charge >= 0.3 is 12.1 Å². The molecule has 0 aliphatic heterocycles. The molecule has 1 amide bonds. The fraction of sp³-hybridized carbons (Fsp3) is 0.714. The van der Waals surface area contributed by atoms with E-state index in [9.17, 15) is 14.7 Å². The van der Waals surface area contributed by atoms with E-state index >= 15 is 0 Å². The number of carboxylic acid groups (broad SMARTS) is 1. The number of carbonyl (C=O) groups excluding carboxylic acids is 1. The molecular weight excluding hydrogens is 444 g/mol.